The van der Waals surface area contributed by atoms with Crippen LogP contribution >= 0.6 is 0 Å². The van der Waals surface area contributed by atoms with Crippen molar-refractivity contribution in [3.8, 4) is 0 Å². The van der Waals surface area contributed by atoms with Gasteiger partial charge >= 0.3 is 0 Å². The van der Waals surface area contributed by atoms with Gasteiger partial charge in [0.05, 0.1) is 0 Å². The average molecular weight is 445 g/mol. The van der Waals surface area contributed by atoms with Crippen LogP contribution in [0.15, 0.2) is 24.3 Å². The van der Waals surface area contributed by atoms with E-state index < -0.39 is 0 Å². The molecule has 186 valence electrons. The Morgan fingerprint density at radius 1 is 0.469 bits per heavy atom. The molecule has 1 rings (SSSR count). The van der Waals surface area contributed by atoms with Crippen molar-refractivity contribution in [2.75, 3.05) is 14.1 Å². The van der Waals surface area contributed by atoms with Gasteiger partial charge in [0.25, 0.3) is 0 Å². The molecule has 0 saturated carbocycles. The number of hydrogen-bond donors (Lipinski definition) is 2. The van der Waals surface area contributed by atoms with Crippen molar-refractivity contribution >= 4 is 0 Å². The minimum atomic E-state index is 0.491. The van der Waals surface area contributed by atoms with E-state index in [0.29, 0.717) is 12.1 Å². The van der Waals surface area contributed by atoms with E-state index in [1.807, 2.05) is 0 Å². The van der Waals surface area contributed by atoms with Crippen molar-refractivity contribution in [2.24, 2.45) is 0 Å². The van der Waals surface area contributed by atoms with Gasteiger partial charge in [-0.3, -0.25) is 0 Å². The average Bonchev–Trinajstić information content (AvgIpc) is 2.82. The van der Waals surface area contributed by atoms with Gasteiger partial charge < -0.3 is 10.6 Å². The van der Waals surface area contributed by atoms with Crippen LogP contribution in [-0.2, 0) is 0 Å². The number of benzene rings is 1. The first-order chi connectivity index (χ1) is 15.8. The summed E-state index contributed by atoms with van der Waals surface area (Å²) in [5.74, 6) is 0. The minimum absolute atomic E-state index is 0.491. The summed E-state index contributed by atoms with van der Waals surface area (Å²) in [5.41, 5.74) is 2.89. The summed E-state index contributed by atoms with van der Waals surface area (Å²) in [4.78, 5) is 0. The van der Waals surface area contributed by atoms with Crippen LogP contribution in [0.2, 0.25) is 0 Å². The molecule has 2 nitrogen and oxygen atoms in total. The highest BCUT2D eigenvalue weighted by Crippen LogP contribution is 2.25. The predicted molar refractivity (Wildman–Crippen MR) is 144 cm³/mol. The van der Waals surface area contributed by atoms with Crippen LogP contribution in [0.25, 0.3) is 0 Å². The van der Waals surface area contributed by atoms with Crippen LogP contribution in [0.4, 0.5) is 0 Å². The lowest BCUT2D eigenvalue weighted by Crippen LogP contribution is -2.18. The lowest BCUT2D eigenvalue weighted by molar-refractivity contribution is 0.489. The molecule has 2 atom stereocenters. The fourth-order valence-electron chi connectivity index (χ4n) is 4.88. The van der Waals surface area contributed by atoms with Crippen molar-refractivity contribution < 1.29 is 0 Å². The number of rotatable bonds is 22. The van der Waals surface area contributed by atoms with Crippen molar-refractivity contribution in [3.05, 3.63) is 35.4 Å². The van der Waals surface area contributed by atoms with E-state index in [9.17, 15) is 0 Å². The Kier molecular flexibility index (Phi) is 18.9. The Bertz CT molecular complexity index is 463. The zero-order valence-corrected chi connectivity index (χ0v) is 22.2. The van der Waals surface area contributed by atoms with E-state index in [0.717, 1.165) is 0 Å². The molecule has 0 heterocycles. The van der Waals surface area contributed by atoms with Gasteiger partial charge in [-0.2, -0.15) is 0 Å². The molecule has 2 unspecified atom stereocenters. The maximum atomic E-state index is 3.55. The Hall–Kier alpha value is -0.860. The molecule has 0 spiro atoms. The van der Waals surface area contributed by atoms with Crippen LogP contribution in [0.5, 0.6) is 0 Å². The van der Waals surface area contributed by atoms with Crippen LogP contribution in [-0.4, -0.2) is 14.1 Å². The third-order valence-corrected chi connectivity index (χ3v) is 7.13. The molecule has 0 aliphatic carbocycles. The number of hydrogen-bond acceptors (Lipinski definition) is 2. The molecule has 2 heteroatoms. The van der Waals surface area contributed by atoms with Gasteiger partial charge in [-0.25, -0.2) is 0 Å². The third kappa shape index (κ3) is 13.6. The Morgan fingerprint density at radius 2 is 0.750 bits per heavy atom. The standard InChI is InChI=1S/C30H56N2/c1-5-7-9-11-13-15-17-19-21-29(31-3)27-23-25-28(26-24-27)30(32-4)22-20-18-16-14-12-10-8-6-2/h23-26,29-32H,5-22H2,1-4H3. The molecular weight excluding hydrogens is 388 g/mol. The lowest BCUT2D eigenvalue weighted by atomic mass is 9.95. The van der Waals surface area contributed by atoms with Crippen LogP contribution in [0, 0.1) is 0 Å². The van der Waals surface area contributed by atoms with E-state index in [1.165, 1.54) is 127 Å². The van der Waals surface area contributed by atoms with Crippen LogP contribution in [0.1, 0.15) is 153 Å². The SMILES string of the molecule is CCCCCCCCCCC(NC)c1ccc(C(CCCCCCCCCC)NC)cc1. The van der Waals surface area contributed by atoms with E-state index in [2.05, 4.69) is 62.8 Å². The Morgan fingerprint density at radius 3 is 1.03 bits per heavy atom. The highest BCUT2D eigenvalue weighted by atomic mass is 14.9. The molecule has 2 N–H and O–H groups in total. The summed E-state index contributed by atoms with van der Waals surface area (Å²) < 4.78 is 0. The van der Waals surface area contributed by atoms with Gasteiger partial charge in [0.1, 0.15) is 0 Å². The molecular formula is C30H56N2. The zero-order valence-electron chi connectivity index (χ0n) is 22.2. The fraction of sp³-hybridized carbons (Fsp3) is 0.800. The first-order valence-corrected chi connectivity index (χ1v) is 14.2. The van der Waals surface area contributed by atoms with Gasteiger partial charge in [-0.05, 0) is 38.1 Å². The van der Waals surface area contributed by atoms with Crippen molar-refractivity contribution in [1.29, 1.82) is 0 Å². The van der Waals surface area contributed by atoms with Crippen molar-refractivity contribution in [2.45, 2.75) is 142 Å². The van der Waals surface area contributed by atoms with E-state index >= 15 is 0 Å². The van der Waals surface area contributed by atoms with E-state index in [-0.39, 0.29) is 0 Å². The van der Waals surface area contributed by atoms with Gasteiger partial charge in [-0.1, -0.05) is 141 Å². The summed E-state index contributed by atoms with van der Waals surface area (Å²) >= 11 is 0. The van der Waals surface area contributed by atoms with Gasteiger partial charge in [0.2, 0.25) is 0 Å². The molecule has 0 aliphatic rings. The second kappa shape index (κ2) is 20.7. The summed E-state index contributed by atoms with van der Waals surface area (Å²) in [6, 6.07) is 10.4. The minimum Gasteiger partial charge on any atom is -0.313 e. The van der Waals surface area contributed by atoms with Crippen molar-refractivity contribution in [3.63, 3.8) is 0 Å². The molecule has 0 amide bonds. The predicted octanol–water partition coefficient (Wildman–Crippen LogP) is 9.27. The second-order valence-electron chi connectivity index (χ2n) is 9.88. The summed E-state index contributed by atoms with van der Waals surface area (Å²) in [6.07, 6.45) is 24.8. The van der Waals surface area contributed by atoms with Gasteiger partial charge in [-0.15, -0.1) is 0 Å². The summed E-state index contributed by atoms with van der Waals surface area (Å²) in [7, 11) is 4.23. The molecule has 0 bridgehead atoms. The molecule has 0 aliphatic heterocycles. The van der Waals surface area contributed by atoms with Crippen LogP contribution in [0.3, 0.4) is 0 Å². The van der Waals surface area contributed by atoms with E-state index in [4.69, 9.17) is 0 Å². The third-order valence-electron chi connectivity index (χ3n) is 7.13. The maximum absolute atomic E-state index is 3.55. The number of unbranched alkanes of at least 4 members (excludes halogenated alkanes) is 14. The molecule has 1 aromatic rings. The second-order valence-corrected chi connectivity index (χ2v) is 9.88. The van der Waals surface area contributed by atoms with Gasteiger partial charge in [0.15, 0.2) is 0 Å². The van der Waals surface area contributed by atoms with Crippen LogP contribution < -0.4 is 10.6 Å². The molecule has 1 aromatic carbocycles. The van der Waals surface area contributed by atoms with Gasteiger partial charge in [0, 0.05) is 12.1 Å². The highest BCUT2D eigenvalue weighted by molar-refractivity contribution is 5.27. The Balaban J connectivity index is 2.30. The Labute approximate surface area is 201 Å². The quantitative estimate of drug-likeness (QED) is 0.174. The first-order valence-electron chi connectivity index (χ1n) is 14.2. The molecule has 0 aromatic heterocycles. The first kappa shape index (κ1) is 29.2. The smallest absolute Gasteiger partial charge is 0.0317 e. The molecule has 0 fully saturated rings. The summed E-state index contributed by atoms with van der Waals surface area (Å²) in [6.45, 7) is 4.58. The monoisotopic (exact) mass is 444 g/mol. The highest BCUT2D eigenvalue weighted by Gasteiger charge is 2.12. The molecule has 32 heavy (non-hydrogen) atoms. The van der Waals surface area contributed by atoms with E-state index in [1.54, 1.807) is 0 Å². The normalized spacial score (nSPS) is 13.4. The lowest BCUT2D eigenvalue weighted by Gasteiger charge is -2.20. The fourth-order valence-corrected chi connectivity index (χ4v) is 4.88. The number of nitrogens with one attached hydrogen (secondary N) is 2. The molecule has 0 radical (unpaired) electrons. The van der Waals surface area contributed by atoms with Crippen molar-refractivity contribution in [1.82, 2.24) is 10.6 Å². The topological polar surface area (TPSA) is 24.1 Å². The zero-order chi connectivity index (χ0) is 23.3. The summed E-state index contributed by atoms with van der Waals surface area (Å²) in [5, 5.41) is 7.10. The largest absolute Gasteiger partial charge is 0.313 e. The molecule has 0 saturated heterocycles. The maximum Gasteiger partial charge on any atom is 0.0317 e.